The van der Waals surface area contributed by atoms with Gasteiger partial charge in [0.25, 0.3) is 12.0 Å². The van der Waals surface area contributed by atoms with Crippen molar-refractivity contribution >= 4 is 33.3 Å². The molecular weight excluding hydrogens is 571 g/mol. The quantitative estimate of drug-likeness (QED) is 0.188. The van der Waals surface area contributed by atoms with Crippen LogP contribution < -0.4 is 5.32 Å². The molecule has 1 aromatic heterocycles. The smallest absolute Gasteiger partial charge is 0.289 e. The molecule has 2 heterocycles. The molecule has 7 aromatic carbocycles. The van der Waals surface area contributed by atoms with E-state index in [0.717, 1.165) is 22.8 Å². The van der Waals surface area contributed by atoms with Crippen LogP contribution in [0, 0.1) is 0 Å². The van der Waals surface area contributed by atoms with E-state index in [2.05, 4.69) is 196 Å². The molecule has 3 heteroatoms. The highest BCUT2D eigenvalue weighted by atomic mass is 15.3. The molecule has 0 amide bonds. The Balaban J connectivity index is 1.22. The van der Waals surface area contributed by atoms with E-state index in [4.69, 9.17) is 0 Å². The number of amidine groups is 1. The predicted molar refractivity (Wildman–Crippen MR) is 194 cm³/mol. The number of nitrogens with zero attached hydrogens (tertiary/aromatic N) is 2. The predicted octanol–water partition coefficient (Wildman–Crippen LogP) is 10.5. The van der Waals surface area contributed by atoms with Crippen molar-refractivity contribution in [2.75, 3.05) is 0 Å². The molecule has 1 aliphatic rings. The number of hydrogen-bond donors (Lipinski definition) is 1. The fourth-order valence-corrected chi connectivity index (χ4v) is 7.04. The van der Waals surface area contributed by atoms with Gasteiger partial charge in [-0.1, -0.05) is 133 Å². The standard InChI is InChI=1S/C44H31N3/c1-3-14-31(15-4-1)33-18-11-20-35(28-33)43-45-44(36-21-12-19-34(29-36)32-16-5-2-6-17-32)47(43)38-23-13-22-37(30-38)46-41-26-9-7-24-39(41)40-25-8-10-27-42(40)46/h1-30,43H/p+1. The maximum Gasteiger partial charge on any atom is 0.289 e. The second kappa shape index (κ2) is 11.3. The minimum Gasteiger partial charge on any atom is -0.309 e. The van der Waals surface area contributed by atoms with Crippen LogP contribution in [-0.2, 0) is 0 Å². The zero-order valence-electron chi connectivity index (χ0n) is 25.8. The van der Waals surface area contributed by atoms with Gasteiger partial charge in [-0.15, -0.1) is 0 Å². The third kappa shape index (κ3) is 4.72. The van der Waals surface area contributed by atoms with E-state index < -0.39 is 0 Å². The van der Waals surface area contributed by atoms with Gasteiger partial charge in [0.2, 0.25) is 0 Å². The molecule has 1 atom stereocenters. The Bertz CT molecular complexity index is 2380. The minimum atomic E-state index is -0.0255. The minimum absolute atomic E-state index is 0.0255. The lowest BCUT2D eigenvalue weighted by atomic mass is 9.98. The molecule has 1 unspecified atom stereocenters. The first-order valence-corrected chi connectivity index (χ1v) is 16.1. The highest BCUT2D eigenvalue weighted by Gasteiger charge is 2.41. The van der Waals surface area contributed by atoms with Gasteiger partial charge in [0.15, 0.2) is 0 Å². The third-order valence-corrected chi connectivity index (χ3v) is 9.27. The van der Waals surface area contributed by atoms with Crippen LogP contribution in [0.5, 0.6) is 0 Å². The van der Waals surface area contributed by atoms with Gasteiger partial charge in [-0.3, -0.25) is 0 Å². The van der Waals surface area contributed by atoms with Gasteiger partial charge < -0.3 is 4.57 Å². The first-order valence-electron chi connectivity index (χ1n) is 16.1. The molecule has 222 valence electrons. The van der Waals surface area contributed by atoms with Crippen molar-refractivity contribution in [1.29, 1.82) is 0 Å². The summed E-state index contributed by atoms with van der Waals surface area (Å²) in [6.07, 6.45) is -0.0255. The summed E-state index contributed by atoms with van der Waals surface area (Å²) in [4.78, 5) is 0. The summed E-state index contributed by atoms with van der Waals surface area (Å²) in [6, 6.07) is 65.3. The molecule has 9 rings (SSSR count). The monoisotopic (exact) mass is 602 g/mol. The molecule has 3 nitrogen and oxygen atoms in total. The van der Waals surface area contributed by atoms with Crippen LogP contribution >= 0.6 is 0 Å². The molecule has 47 heavy (non-hydrogen) atoms. The van der Waals surface area contributed by atoms with Crippen molar-refractivity contribution in [1.82, 2.24) is 9.88 Å². The molecular formula is C44H32N3+. The van der Waals surface area contributed by atoms with Gasteiger partial charge in [-0.25, -0.2) is 5.32 Å². The zero-order chi connectivity index (χ0) is 31.2. The van der Waals surface area contributed by atoms with Crippen molar-refractivity contribution in [3.8, 4) is 27.9 Å². The van der Waals surface area contributed by atoms with Crippen LogP contribution in [0.1, 0.15) is 17.3 Å². The Morgan fingerprint density at radius 3 is 1.64 bits per heavy atom. The fourth-order valence-electron chi connectivity index (χ4n) is 7.04. The first kappa shape index (κ1) is 27.1. The molecule has 1 N–H and O–H groups in total. The Morgan fingerprint density at radius 2 is 0.957 bits per heavy atom. The Labute approximate surface area is 274 Å². The van der Waals surface area contributed by atoms with E-state index in [1.165, 1.54) is 49.6 Å². The normalized spacial score (nSPS) is 14.3. The maximum absolute atomic E-state index is 3.87. The average Bonchev–Trinajstić information content (AvgIpc) is 3.47. The van der Waals surface area contributed by atoms with E-state index in [1.54, 1.807) is 0 Å². The first-order chi connectivity index (χ1) is 23.3. The number of para-hydroxylation sites is 2. The highest BCUT2D eigenvalue weighted by Crippen LogP contribution is 2.37. The number of aromatic nitrogens is 1. The number of benzene rings is 7. The molecule has 0 radical (unpaired) electrons. The van der Waals surface area contributed by atoms with E-state index >= 15 is 0 Å². The van der Waals surface area contributed by atoms with Crippen LogP contribution in [-0.4, -0.2) is 15.0 Å². The third-order valence-electron chi connectivity index (χ3n) is 9.27. The second-order valence-electron chi connectivity index (χ2n) is 12.1. The molecule has 0 bridgehead atoms. The van der Waals surface area contributed by atoms with Crippen molar-refractivity contribution < 1.29 is 4.58 Å². The Morgan fingerprint density at radius 1 is 0.426 bits per heavy atom. The van der Waals surface area contributed by atoms with Gasteiger partial charge in [-0.05, 0) is 64.7 Å². The summed E-state index contributed by atoms with van der Waals surface area (Å²) in [5.74, 6) is 1.09. The molecule has 0 saturated heterocycles. The number of rotatable bonds is 6. The summed E-state index contributed by atoms with van der Waals surface area (Å²) >= 11 is 0. The maximum atomic E-state index is 3.87. The van der Waals surface area contributed by atoms with Crippen molar-refractivity contribution in [2.24, 2.45) is 0 Å². The number of fused-ring (bicyclic) bond motifs is 3. The molecule has 0 aliphatic carbocycles. The van der Waals surface area contributed by atoms with Crippen LogP contribution in [0.4, 0.5) is 5.69 Å². The number of hydrogen-bond acceptors (Lipinski definition) is 1. The van der Waals surface area contributed by atoms with Gasteiger partial charge >= 0.3 is 0 Å². The zero-order valence-corrected chi connectivity index (χ0v) is 25.8. The fraction of sp³-hybridized carbons (Fsp3) is 0.0227. The summed E-state index contributed by atoms with van der Waals surface area (Å²) in [5, 5.41) is 6.39. The lowest BCUT2D eigenvalue weighted by Gasteiger charge is -2.30. The summed E-state index contributed by atoms with van der Waals surface area (Å²) in [5.41, 5.74) is 11.9. The van der Waals surface area contributed by atoms with Gasteiger partial charge in [0, 0.05) is 22.4 Å². The second-order valence-corrected chi connectivity index (χ2v) is 12.1. The van der Waals surface area contributed by atoms with Gasteiger partial charge in [0.1, 0.15) is 5.69 Å². The van der Waals surface area contributed by atoms with Crippen LogP contribution in [0.2, 0.25) is 0 Å². The van der Waals surface area contributed by atoms with Gasteiger partial charge in [-0.2, -0.15) is 4.58 Å². The molecule has 8 aromatic rings. The lowest BCUT2D eigenvalue weighted by Crippen LogP contribution is -2.51. The number of nitrogens with one attached hydrogen (secondary N) is 1. The van der Waals surface area contributed by atoms with E-state index in [9.17, 15) is 0 Å². The molecule has 0 saturated carbocycles. The van der Waals surface area contributed by atoms with E-state index in [0.29, 0.717) is 0 Å². The molecule has 1 aliphatic heterocycles. The lowest BCUT2D eigenvalue weighted by molar-refractivity contribution is -0.531. The van der Waals surface area contributed by atoms with Crippen molar-refractivity contribution in [3.05, 3.63) is 193 Å². The summed E-state index contributed by atoms with van der Waals surface area (Å²) in [7, 11) is 0. The average molecular weight is 603 g/mol. The molecule has 0 fully saturated rings. The van der Waals surface area contributed by atoms with Crippen molar-refractivity contribution in [2.45, 2.75) is 6.17 Å². The van der Waals surface area contributed by atoms with Crippen molar-refractivity contribution in [3.63, 3.8) is 0 Å². The topological polar surface area (TPSA) is 20.0 Å². The van der Waals surface area contributed by atoms with Crippen LogP contribution in [0.15, 0.2) is 182 Å². The van der Waals surface area contributed by atoms with E-state index in [-0.39, 0.29) is 6.17 Å². The van der Waals surface area contributed by atoms with Gasteiger partial charge in [0.05, 0.1) is 22.3 Å². The highest BCUT2D eigenvalue weighted by molar-refractivity contribution is 6.09. The largest absolute Gasteiger partial charge is 0.309 e. The van der Waals surface area contributed by atoms with Crippen LogP contribution in [0.3, 0.4) is 0 Å². The Hall–Kier alpha value is -6.19. The Kier molecular flexibility index (Phi) is 6.53. The summed E-state index contributed by atoms with van der Waals surface area (Å²) in [6.45, 7) is 0. The van der Waals surface area contributed by atoms with Crippen LogP contribution in [0.25, 0.3) is 49.7 Å². The van der Waals surface area contributed by atoms with E-state index in [1.807, 2.05) is 0 Å². The summed E-state index contributed by atoms with van der Waals surface area (Å²) < 4.78 is 4.84. The SMILES string of the molecule is c1ccc(-c2cccc(C3=[N+](c4cccc(-n5c6ccccc6c6ccccc65)c4)C(c4cccc(-c5ccccc5)c4)N3)c2)cc1. The molecule has 0 spiro atoms.